The lowest BCUT2D eigenvalue weighted by Gasteiger charge is -2.02. The number of aromatic nitrogens is 1. The van der Waals surface area contributed by atoms with Crippen LogP contribution in [0.5, 0.6) is 0 Å². The Morgan fingerprint density at radius 2 is 1.72 bits per heavy atom. The van der Waals surface area contributed by atoms with E-state index in [0.717, 1.165) is 36.6 Å². The van der Waals surface area contributed by atoms with Gasteiger partial charge in [0.25, 0.3) is 0 Å². The molecule has 0 fully saturated rings. The summed E-state index contributed by atoms with van der Waals surface area (Å²) in [5, 5.41) is 4.83. The van der Waals surface area contributed by atoms with Crippen molar-refractivity contribution in [3.63, 3.8) is 0 Å². The minimum atomic E-state index is 0.748. The molecule has 2 heterocycles. The van der Waals surface area contributed by atoms with Crippen molar-refractivity contribution in [2.24, 2.45) is 7.05 Å². The molecular weight excluding hydrogens is 308 g/mol. The van der Waals surface area contributed by atoms with Gasteiger partial charge in [0, 0.05) is 29.7 Å². The smallest absolute Gasteiger partial charge is 0.134 e. The second-order valence-electron chi connectivity index (χ2n) is 6.34. The molecule has 0 amide bonds. The van der Waals surface area contributed by atoms with Crippen molar-refractivity contribution >= 4 is 10.9 Å². The molecule has 0 spiro atoms. The van der Waals surface area contributed by atoms with Gasteiger partial charge in [-0.1, -0.05) is 48.5 Å². The van der Waals surface area contributed by atoms with Crippen molar-refractivity contribution in [2.45, 2.75) is 13.0 Å². The number of benzene rings is 2. The van der Waals surface area contributed by atoms with E-state index in [1.54, 1.807) is 0 Å². The fraction of sp³-hybridized carbons (Fsp3) is 0.182. The zero-order valence-corrected chi connectivity index (χ0v) is 14.4. The molecule has 0 bridgehead atoms. The van der Waals surface area contributed by atoms with Crippen molar-refractivity contribution in [1.82, 2.24) is 9.88 Å². The van der Waals surface area contributed by atoms with Crippen molar-refractivity contribution in [1.29, 1.82) is 0 Å². The zero-order valence-electron chi connectivity index (χ0n) is 14.4. The Hall–Kier alpha value is -2.78. The number of nitrogens with zero attached hydrogens (tertiary/aromatic N) is 1. The maximum atomic E-state index is 5.93. The van der Waals surface area contributed by atoms with Crippen molar-refractivity contribution in [3.05, 3.63) is 84.3 Å². The first-order valence-corrected chi connectivity index (χ1v) is 8.69. The maximum absolute atomic E-state index is 5.93. The van der Waals surface area contributed by atoms with E-state index in [4.69, 9.17) is 4.42 Å². The summed E-state index contributed by atoms with van der Waals surface area (Å²) < 4.78 is 8.13. The van der Waals surface area contributed by atoms with Gasteiger partial charge in [0.05, 0.1) is 6.54 Å². The Labute approximate surface area is 147 Å². The van der Waals surface area contributed by atoms with Gasteiger partial charge >= 0.3 is 0 Å². The van der Waals surface area contributed by atoms with Crippen molar-refractivity contribution in [3.8, 4) is 11.3 Å². The minimum Gasteiger partial charge on any atom is -0.460 e. The van der Waals surface area contributed by atoms with Crippen LogP contribution in [-0.4, -0.2) is 11.1 Å². The van der Waals surface area contributed by atoms with Crippen LogP contribution in [0.3, 0.4) is 0 Å². The standard InChI is InChI=1S/C22H22N2O/c1-24-16-18(20-9-5-6-10-21(20)24)13-14-23-15-19-11-12-22(25-19)17-7-3-2-4-8-17/h2-12,16,23H,13-15H2,1H3. The van der Waals surface area contributed by atoms with Crippen molar-refractivity contribution < 1.29 is 4.42 Å². The molecule has 0 unspecified atom stereocenters. The van der Waals surface area contributed by atoms with E-state index < -0.39 is 0 Å². The number of hydrogen-bond donors (Lipinski definition) is 1. The third kappa shape index (κ3) is 3.37. The molecule has 0 aliphatic carbocycles. The van der Waals surface area contributed by atoms with Crippen LogP contribution in [-0.2, 0) is 20.0 Å². The molecule has 1 N–H and O–H groups in total. The summed E-state index contributed by atoms with van der Waals surface area (Å²) in [6.07, 6.45) is 3.24. The van der Waals surface area contributed by atoms with Gasteiger partial charge in [-0.3, -0.25) is 0 Å². The molecule has 126 valence electrons. The molecule has 0 saturated carbocycles. The highest BCUT2D eigenvalue weighted by molar-refractivity contribution is 5.83. The molecule has 2 aromatic heterocycles. The number of fused-ring (bicyclic) bond motifs is 1. The van der Waals surface area contributed by atoms with Gasteiger partial charge in [-0.15, -0.1) is 0 Å². The lowest BCUT2D eigenvalue weighted by atomic mass is 10.1. The average molecular weight is 330 g/mol. The summed E-state index contributed by atoms with van der Waals surface area (Å²) in [6, 6.07) is 22.8. The first-order chi connectivity index (χ1) is 12.3. The fourth-order valence-corrected chi connectivity index (χ4v) is 3.29. The molecule has 0 aliphatic rings. The van der Waals surface area contributed by atoms with Crippen LogP contribution >= 0.6 is 0 Å². The quantitative estimate of drug-likeness (QED) is 0.516. The van der Waals surface area contributed by atoms with Crippen LogP contribution < -0.4 is 5.32 Å². The summed E-state index contributed by atoms with van der Waals surface area (Å²) in [5.74, 6) is 1.89. The highest BCUT2D eigenvalue weighted by atomic mass is 16.3. The number of para-hydroxylation sites is 1. The maximum Gasteiger partial charge on any atom is 0.134 e. The SMILES string of the molecule is Cn1cc(CCNCc2ccc(-c3ccccc3)o2)c2ccccc21. The summed E-state index contributed by atoms with van der Waals surface area (Å²) in [7, 11) is 2.10. The van der Waals surface area contributed by atoms with Gasteiger partial charge in [-0.25, -0.2) is 0 Å². The van der Waals surface area contributed by atoms with Crippen LogP contribution in [0.1, 0.15) is 11.3 Å². The summed E-state index contributed by atoms with van der Waals surface area (Å²) in [6.45, 7) is 1.67. The zero-order chi connectivity index (χ0) is 17.1. The third-order valence-corrected chi connectivity index (χ3v) is 4.57. The molecule has 0 saturated heterocycles. The molecule has 3 heteroatoms. The molecule has 0 radical (unpaired) electrons. The lowest BCUT2D eigenvalue weighted by Crippen LogP contribution is -2.16. The topological polar surface area (TPSA) is 30.1 Å². The first kappa shape index (κ1) is 15.7. The second-order valence-corrected chi connectivity index (χ2v) is 6.34. The molecule has 0 atom stereocenters. The van der Waals surface area contributed by atoms with E-state index >= 15 is 0 Å². The Morgan fingerprint density at radius 1 is 0.920 bits per heavy atom. The summed E-state index contributed by atoms with van der Waals surface area (Å²) >= 11 is 0. The number of furan rings is 1. The van der Waals surface area contributed by atoms with Crippen LogP contribution in [0.4, 0.5) is 0 Å². The van der Waals surface area contributed by atoms with Crippen molar-refractivity contribution in [2.75, 3.05) is 6.54 Å². The number of nitrogens with one attached hydrogen (secondary N) is 1. The Balaban J connectivity index is 1.35. The van der Waals surface area contributed by atoms with E-state index in [1.165, 1.54) is 16.5 Å². The van der Waals surface area contributed by atoms with Gasteiger partial charge in [-0.05, 0) is 36.7 Å². The van der Waals surface area contributed by atoms with Crippen LogP contribution in [0.2, 0.25) is 0 Å². The minimum absolute atomic E-state index is 0.748. The largest absolute Gasteiger partial charge is 0.460 e. The van der Waals surface area contributed by atoms with Crippen LogP contribution in [0.25, 0.3) is 22.2 Å². The van der Waals surface area contributed by atoms with Gasteiger partial charge < -0.3 is 14.3 Å². The molecule has 3 nitrogen and oxygen atoms in total. The van der Waals surface area contributed by atoms with Gasteiger partial charge in [-0.2, -0.15) is 0 Å². The number of rotatable bonds is 6. The molecule has 4 rings (SSSR count). The highest BCUT2D eigenvalue weighted by Gasteiger charge is 2.06. The number of aryl methyl sites for hydroxylation is 1. The second kappa shape index (κ2) is 6.99. The third-order valence-electron chi connectivity index (χ3n) is 4.57. The summed E-state index contributed by atoms with van der Waals surface area (Å²) in [4.78, 5) is 0. The Morgan fingerprint density at radius 3 is 2.60 bits per heavy atom. The monoisotopic (exact) mass is 330 g/mol. The normalized spacial score (nSPS) is 11.2. The van der Waals surface area contributed by atoms with E-state index in [9.17, 15) is 0 Å². The predicted octanol–water partition coefficient (Wildman–Crippen LogP) is 4.77. The van der Waals surface area contributed by atoms with E-state index in [2.05, 4.69) is 59.5 Å². The molecule has 0 aliphatic heterocycles. The first-order valence-electron chi connectivity index (χ1n) is 8.69. The molecule has 25 heavy (non-hydrogen) atoms. The van der Waals surface area contributed by atoms with E-state index in [1.807, 2.05) is 30.3 Å². The van der Waals surface area contributed by atoms with E-state index in [-0.39, 0.29) is 0 Å². The molecular formula is C22H22N2O. The Kier molecular flexibility index (Phi) is 4.40. The number of hydrogen-bond acceptors (Lipinski definition) is 2. The predicted molar refractivity (Wildman–Crippen MR) is 102 cm³/mol. The van der Waals surface area contributed by atoms with Crippen LogP contribution in [0, 0.1) is 0 Å². The van der Waals surface area contributed by atoms with Gasteiger partial charge in [0.15, 0.2) is 0 Å². The highest BCUT2D eigenvalue weighted by Crippen LogP contribution is 2.22. The molecule has 2 aromatic carbocycles. The lowest BCUT2D eigenvalue weighted by molar-refractivity contribution is 0.495. The summed E-state index contributed by atoms with van der Waals surface area (Å²) in [5.41, 5.74) is 3.79. The Bertz CT molecular complexity index is 966. The fourth-order valence-electron chi connectivity index (χ4n) is 3.29. The van der Waals surface area contributed by atoms with E-state index in [0.29, 0.717) is 0 Å². The average Bonchev–Trinajstić information content (AvgIpc) is 3.25. The van der Waals surface area contributed by atoms with Crippen LogP contribution in [0.15, 0.2) is 77.3 Å². The molecule has 4 aromatic rings. The van der Waals surface area contributed by atoms with Gasteiger partial charge in [0.1, 0.15) is 11.5 Å². The van der Waals surface area contributed by atoms with Gasteiger partial charge in [0.2, 0.25) is 0 Å².